The largest absolute Gasteiger partial charge is 0.380 e. The summed E-state index contributed by atoms with van der Waals surface area (Å²) in [5, 5.41) is 4.05. The summed E-state index contributed by atoms with van der Waals surface area (Å²) in [5.74, 6) is 0. The SMILES string of the molecule is Clc1ccncc1NC1CC1. The van der Waals surface area contributed by atoms with Crippen LogP contribution < -0.4 is 5.32 Å². The van der Waals surface area contributed by atoms with Gasteiger partial charge in [-0.05, 0) is 18.9 Å². The summed E-state index contributed by atoms with van der Waals surface area (Å²) in [7, 11) is 0. The van der Waals surface area contributed by atoms with Gasteiger partial charge in [0.1, 0.15) is 0 Å². The molecule has 1 fully saturated rings. The van der Waals surface area contributed by atoms with Crippen molar-refractivity contribution in [2.75, 3.05) is 5.32 Å². The van der Waals surface area contributed by atoms with Crippen LogP contribution in [0.3, 0.4) is 0 Å². The van der Waals surface area contributed by atoms with E-state index in [9.17, 15) is 0 Å². The molecule has 1 saturated carbocycles. The van der Waals surface area contributed by atoms with Gasteiger partial charge in [0.25, 0.3) is 0 Å². The highest BCUT2D eigenvalue weighted by Crippen LogP contribution is 2.28. The van der Waals surface area contributed by atoms with Gasteiger partial charge in [0.15, 0.2) is 0 Å². The van der Waals surface area contributed by atoms with Crippen LogP contribution in [0.5, 0.6) is 0 Å². The van der Waals surface area contributed by atoms with Crippen molar-refractivity contribution in [2.24, 2.45) is 0 Å². The second-order valence-electron chi connectivity index (χ2n) is 2.77. The highest BCUT2D eigenvalue weighted by atomic mass is 35.5. The first-order valence-electron chi connectivity index (χ1n) is 3.72. The summed E-state index contributed by atoms with van der Waals surface area (Å²) in [6, 6.07) is 2.43. The fraction of sp³-hybridized carbons (Fsp3) is 0.375. The van der Waals surface area contributed by atoms with Crippen molar-refractivity contribution in [3.8, 4) is 0 Å². The molecule has 11 heavy (non-hydrogen) atoms. The zero-order chi connectivity index (χ0) is 7.68. The fourth-order valence-corrected chi connectivity index (χ4v) is 1.09. The first kappa shape index (κ1) is 6.92. The summed E-state index contributed by atoms with van der Waals surface area (Å²) in [5.41, 5.74) is 0.955. The van der Waals surface area contributed by atoms with Crippen molar-refractivity contribution in [3.05, 3.63) is 23.5 Å². The number of nitrogens with one attached hydrogen (secondary N) is 1. The molecule has 2 rings (SSSR count). The molecule has 0 atom stereocenters. The average molecular weight is 169 g/mol. The molecule has 0 bridgehead atoms. The topological polar surface area (TPSA) is 24.9 Å². The standard InChI is InChI=1S/C8H9ClN2/c9-7-3-4-10-5-8(7)11-6-1-2-6/h3-6,11H,1-2H2. The van der Waals surface area contributed by atoms with E-state index in [1.807, 2.05) is 0 Å². The Bertz CT molecular complexity index is 258. The van der Waals surface area contributed by atoms with E-state index >= 15 is 0 Å². The summed E-state index contributed by atoms with van der Waals surface area (Å²) in [6.45, 7) is 0. The highest BCUT2D eigenvalue weighted by molar-refractivity contribution is 6.33. The van der Waals surface area contributed by atoms with E-state index in [1.54, 1.807) is 18.5 Å². The first-order valence-corrected chi connectivity index (χ1v) is 4.10. The third kappa shape index (κ3) is 1.63. The van der Waals surface area contributed by atoms with Crippen LogP contribution in [-0.2, 0) is 0 Å². The van der Waals surface area contributed by atoms with E-state index in [1.165, 1.54) is 12.8 Å². The number of nitrogens with zero attached hydrogens (tertiary/aromatic N) is 1. The van der Waals surface area contributed by atoms with Crippen molar-refractivity contribution < 1.29 is 0 Å². The second kappa shape index (κ2) is 2.70. The van der Waals surface area contributed by atoms with Gasteiger partial charge in [-0.2, -0.15) is 0 Å². The van der Waals surface area contributed by atoms with Gasteiger partial charge in [-0.3, -0.25) is 4.98 Å². The van der Waals surface area contributed by atoms with Gasteiger partial charge < -0.3 is 5.32 Å². The van der Waals surface area contributed by atoms with Crippen LogP contribution in [0, 0.1) is 0 Å². The molecule has 0 aliphatic heterocycles. The minimum atomic E-state index is 0.636. The maximum absolute atomic E-state index is 5.89. The monoisotopic (exact) mass is 168 g/mol. The molecule has 0 spiro atoms. The first-order chi connectivity index (χ1) is 5.36. The van der Waals surface area contributed by atoms with Gasteiger partial charge in [-0.1, -0.05) is 11.6 Å². The molecule has 0 aromatic carbocycles. The van der Waals surface area contributed by atoms with Gasteiger partial charge in [-0.15, -0.1) is 0 Å². The Kier molecular flexibility index (Phi) is 1.70. The number of aromatic nitrogens is 1. The third-order valence-electron chi connectivity index (χ3n) is 1.70. The normalized spacial score (nSPS) is 16.5. The average Bonchev–Trinajstić information content (AvgIpc) is 2.78. The number of hydrogen-bond acceptors (Lipinski definition) is 2. The Labute approximate surface area is 70.6 Å². The third-order valence-corrected chi connectivity index (χ3v) is 2.03. The van der Waals surface area contributed by atoms with Crippen LogP contribution in [0.4, 0.5) is 5.69 Å². The maximum atomic E-state index is 5.89. The summed E-state index contributed by atoms with van der Waals surface area (Å²) in [6.07, 6.45) is 5.97. The van der Waals surface area contributed by atoms with Crippen molar-refractivity contribution in [1.29, 1.82) is 0 Å². The number of halogens is 1. The number of hydrogen-bond donors (Lipinski definition) is 1. The van der Waals surface area contributed by atoms with E-state index in [0.717, 1.165) is 10.7 Å². The molecule has 1 aromatic heterocycles. The molecule has 2 nitrogen and oxygen atoms in total. The lowest BCUT2D eigenvalue weighted by Crippen LogP contribution is -2.01. The zero-order valence-corrected chi connectivity index (χ0v) is 6.80. The van der Waals surface area contributed by atoms with E-state index in [0.29, 0.717) is 6.04 Å². The Hall–Kier alpha value is -0.760. The Morgan fingerprint density at radius 1 is 1.55 bits per heavy atom. The lowest BCUT2D eigenvalue weighted by atomic mass is 10.4. The second-order valence-corrected chi connectivity index (χ2v) is 3.18. The lowest BCUT2D eigenvalue weighted by molar-refractivity contribution is 1.14. The van der Waals surface area contributed by atoms with E-state index in [2.05, 4.69) is 10.3 Å². The van der Waals surface area contributed by atoms with E-state index in [-0.39, 0.29) is 0 Å². The molecule has 1 aromatic rings. The molecular weight excluding hydrogens is 160 g/mol. The Balaban J connectivity index is 2.15. The van der Waals surface area contributed by atoms with Gasteiger partial charge in [0.2, 0.25) is 0 Å². The van der Waals surface area contributed by atoms with Crippen molar-refractivity contribution in [2.45, 2.75) is 18.9 Å². The smallest absolute Gasteiger partial charge is 0.0718 e. The van der Waals surface area contributed by atoms with Crippen molar-refractivity contribution in [1.82, 2.24) is 4.98 Å². The highest BCUT2D eigenvalue weighted by Gasteiger charge is 2.21. The molecule has 0 saturated heterocycles. The van der Waals surface area contributed by atoms with E-state index < -0.39 is 0 Å². The molecule has 0 radical (unpaired) electrons. The lowest BCUT2D eigenvalue weighted by Gasteiger charge is -2.04. The number of rotatable bonds is 2. The fourth-order valence-electron chi connectivity index (χ4n) is 0.931. The van der Waals surface area contributed by atoms with Crippen LogP contribution >= 0.6 is 11.6 Å². The van der Waals surface area contributed by atoms with Crippen LogP contribution in [0.25, 0.3) is 0 Å². The Morgan fingerprint density at radius 3 is 3.00 bits per heavy atom. The molecule has 1 N–H and O–H groups in total. The van der Waals surface area contributed by atoms with Crippen molar-refractivity contribution in [3.63, 3.8) is 0 Å². The maximum Gasteiger partial charge on any atom is 0.0718 e. The summed E-state index contributed by atoms with van der Waals surface area (Å²) >= 11 is 5.89. The molecule has 1 heterocycles. The molecular formula is C8H9ClN2. The van der Waals surface area contributed by atoms with E-state index in [4.69, 9.17) is 11.6 Å². The Morgan fingerprint density at radius 2 is 2.36 bits per heavy atom. The van der Waals surface area contributed by atoms with Crippen LogP contribution in [0.2, 0.25) is 5.02 Å². The minimum Gasteiger partial charge on any atom is -0.380 e. The molecule has 0 amide bonds. The van der Waals surface area contributed by atoms with Gasteiger partial charge >= 0.3 is 0 Å². The molecule has 1 aliphatic carbocycles. The van der Waals surface area contributed by atoms with Gasteiger partial charge in [0.05, 0.1) is 16.9 Å². The quantitative estimate of drug-likeness (QED) is 0.733. The summed E-state index contributed by atoms with van der Waals surface area (Å²) in [4.78, 5) is 3.98. The minimum absolute atomic E-state index is 0.636. The predicted octanol–water partition coefficient (Wildman–Crippen LogP) is 2.31. The van der Waals surface area contributed by atoms with Gasteiger partial charge in [0, 0.05) is 12.2 Å². The van der Waals surface area contributed by atoms with Crippen LogP contribution in [-0.4, -0.2) is 11.0 Å². The van der Waals surface area contributed by atoms with Crippen LogP contribution in [0.15, 0.2) is 18.5 Å². The molecule has 58 valence electrons. The zero-order valence-electron chi connectivity index (χ0n) is 6.05. The molecule has 3 heteroatoms. The van der Waals surface area contributed by atoms with Gasteiger partial charge in [-0.25, -0.2) is 0 Å². The number of pyridine rings is 1. The van der Waals surface area contributed by atoms with Crippen LogP contribution in [0.1, 0.15) is 12.8 Å². The van der Waals surface area contributed by atoms with Crippen molar-refractivity contribution >= 4 is 17.3 Å². The molecule has 1 aliphatic rings. The molecule has 0 unspecified atom stereocenters. The summed E-state index contributed by atoms with van der Waals surface area (Å²) < 4.78 is 0. The predicted molar refractivity (Wildman–Crippen MR) is 45.9 cm³/mol. The number of anilines is 1.